The minimum absolute atomic E-state index is 0.138. The lowest BCUT2D eigenvalue weighted by atomic mass is 10.1. The predicted molar refractivity (Wildman–Crippen MR) is 116 cm³/mol. The van der Waals surface area contributed by atoms with Crippen molar-refractivity contribution in [2.45, 2.75) is 13.0 Å². The molecule has 0 aliphatic carbocycles. The number of rotatable bonds is 7. The van der Waals surface area contributed by atoms with Crippen LogP contribution < -0.4 is 15.0 Å². The Morgan fingerprint density at radius 1 is 1.00 bits per heavy atom. The van der Waals surface area contributed by atoms with E-state index in [4.69, 9.17) is 4.74 Å². The molecule has 0 saturated carbocycles. The second-order valence-corrected chi connectivity index (χ2v) is 7.71. The maximum Gasteiger partial charge on any atom is 0.251 e. The van der Waals surface area contributed by atoms with Gasteiger partial charge < -0.3 is 15.0 Å². The second-order valence-electron chi connectivity index (χ2n) is 7.71. The van der Waals surface area contributed by atoms with E-state index in [0.29, 0.717) is 36.7 Å². The molecular weight excluding hydrogens is 398 g/mol. The Balaban J connectivity index is 1.24. The summed E-state index contributed by atoms with van der Waals surface area (Å²) in [5.41, 5.74) is 2.32. The van der Waals surface area contributed by atoms with Crippen LogP contribution in [0, 0.1) is 17.6 Å². The summed E-state index contributed by atoms with van der Waals surface area (Å²) in [6.45, 7) is 2.45. The van der Waals surface area contributed by atoms with Crippen molar-refractivity contribution in [3.8, 4) is 5.75 Å². The molecule has 0 aromatic heterocycles. The maximum atomic E-state index is 13.5. The van der Waals surface area contributed by atoms with Crippen LogP contribution in [0.15, 0.2) is 72.8 Å². The molecule has 0 spiro atoms. The molecule has 6 heteroatoms. The lowest BCUT2D eigenvalue weighted by Crippen LogP contribution is -2.31. The first kappa shape index (κ1) is 20.8. The molecule has 4 nitrogen and oxygen atoms in total. The SMILES string of the molecule is O=C(NCC1CCN(c2ccc(F)c(F)c2)C1)c1ccc(OCc2ccccc2)cc1. The number of halogens is 2. The number of carbonyl (C=O) groups is 1. The minimum Gasteiger partial charge on any atom is -0.489 e. The van der Waals surface area contributed by atoms with Crippen LogP contribution in [0.4, 0.5) is 14.5 Å². The predicted octanol–water partition coefficient (Wildman–Crippen LogP) is 4.80. The van der Waals surface area contributed by atoms with Gasteiger partial charge in [-0.15, -0.1) is 0 Å². The highest BCUT2D eigenvalue weighted by Gasteiger charge is 2.24. The minimum atomic E-state index is -0.844. The Kier molecular flexibility index (Phi) is 6.46. The number of ether oxygens (including phenoxy) is 1. The van der Waals surface area contributed by atoms with Gasteiger partial charge in [-0.3, -0.25) is 4.79 Å². The lowest BCUT2D eigenvalue weighted by Gasteiger charge is -2.19. The Labute approximate surface area is 180 Å². The molecule has 4 rings (SSSR count). The highest BCUT2D eigenvalue weighted by molar-refractivity contribution is 5.94. The number of amides is 1. The van der Waals surface area contributed by atoms with Gasteiger partial charge in [0, 0.05) is 37.0 Å². The second kappa shape index (κ2) is 9.60. The van der Waals surface area contributed by atoms with E-state index >= 15 is 0 Å². The molecule has 1 fully saturated rings. The van der Waals surface area contributed by atoms with Crippen LogP contribution >= 0.6 is 0 Å². The molecule has 0 bridgehead atoms. The van der Waals surface area contributed by atoms with Crippen molar-refractivity contribution in [2.24, 2.45) is 5.92 Å². The molecule has 1 saturated heterocycles. The molecule has 1 aliphatic heterocycles. The van der Waals surface area contributed by atoms with E-state index in [9.17, 15) is 13.6 Å². The van der Waals surface area contributed by atoms with Crippen LogP contribution in [-0.2, 0) is 6.61 Å². The van der Waals surface area contributed by atoms with Gasteiger partial charge in [-0.2, -0.15) is 0 Å². The molecule has 0 radical (unpaired) electrons. The monoisotopic (exact) mass is 422 g/mol. The van der Waals surface area contributed by atoms with Gasteiger partial charge >= 0.3 is 0 Å². The zero-order chi connectivity index (χ0) is 21.6. The molecule has 3 aromatic carbocycles. The Morgan fingerprint density at radius 3 is 2.52 bits per heavy atom. The number of hydrogen-bond donors (Lipinski definition) is 1. The number of nitrogens with one attached hydrogen (secondary N) is 1. The molecule has 3 aromatic rings. The van der Waals surface area contributed by atoms with E-state index in [1.165, 1.54) is 6.07 Å². The van der Waals surface area contributed by atoms with Crippen molar-refractivity contribution >= 4 is 11.6 Å². The van der Waals surface area contributed by atoms with Crippen molar-refractivity contribution in [3.63, 3.8) is 0 Å². The maximum absolute atomic E-state index is 13.5. The summed E-state index contributed by atoms with van der Waals surface area (Å²) >= 11 is 0. The van der Waals surface area contributed by atoms with Gasteiger partial charge in [0.25, 0.3) is 5.91 Å². The van der Waals surface area contributed by atoms with Crippen LogP contribution in [0.3, 0.4) is 0 Å². The van der Waals surface area contributed by atoms with Crippen molar-refractivity contribution in [1.29, 1.82) is 0 Å². The average Bonchev–Trinajstić information content (AvgIpc) is 3.28. The van der Waals surface area contributed by atoms with Gasteiger partial charge in [0.1, 0.15) is 12.4 Å². The molecule has 1 unspecified atom stereocenters. The van der Waals surface area contributed by atoms with E-state index in [-0.39, 0.29) is 11.8 Å². The Morgan fingerprint density at radius 2 is 1.77 bits per heavy atom. The topological polar surface area (TPSA) is 41.6 Å². The highest BCUT2D eigenvalue weighted by atomic mass is 19.2. The van der Waals surface area contributed by atoms with E-state index in [2.05, 4.69) is 5.32 Å². The summed E-state index contributed by atoms with van der Waals surface area (Å²) < 4.78 is 32.3. The smallest absolute Gasteiger partial charge is 0.251 e. The Hall–Kier alpha value is -3.41. The van der Waals surface area contributed by atoms with Crippen LogP contribution in [0.2, 0.25) is 0 Å². The van der Waals surface area contributed by atoms with Gasteiger partial charge in [-0.05, 0) is 54.3 Å². The summed E-state index contributed by atoms with van der Waals surface area (Å²) in [6.07, 6.45) is 0.880. The highest BCUT2D eigenvalue weighted by Crippen LogP contribution is 2.25. The first-order valence-corrected chi connectivity index (χ1v) is 10.3. The molecule has 1 amide bonds. The standard InChI is InChI=1S/C25H24F2N2O2/c26-23-11-8-21(14-24(23)27)29-13-12-19(16-29)15-28-25(30)20-6-9-22(10-7-20)31-17-18-4-2-1-3-5-18/h1-11,14,19H,12-13,15-17H2,(H,28,30). The number of benzene rings is 3. The molecule has 1 atom stereocenters. The first-order valence-electron chi connectivity index (χ1n) is 10.3. The summed E-state index contributed by atoms with van der Waals surface area (Å²) in [6, 6.07) is 20.9. The van der Waals surface area contributed by atoms with Gasteiger partial charge in [-0.1, -0.05) is 30.3 Å². The largest absolute Gasteiger partial charge is 0.489 e. The number of anilines is 1. The summed E-state index contributed by atoms with van der Waals surface area (Å²) in [4.78, 5) is 14.5. The normalized spacial score (nSPS) is 15.7. The van der Waals surface area contributed by atoms with Crippen molar-refractivity contribution < 1.29 is 18.3 Å². The Bertz CT molecular complexity index is 1030. The quantitative estimate of drug-likeness (QED) is 0.595. The number of hydrogen-bond acceptors (Lipinski definition) is 3. The van der Waals surface area contributed by atoms with Gasteiger partial charge in [0.2, 0.25) is 0 Å². The van der Waals surface area contributed by atoms with E-state index < -0.39 is 11.6 Å². The third kappa shape index (κ3) is 5.40. The fraction of sp³-hybridized carbons (Fsp3) is 0.240. The van der Waals surface area contributed by atoms with Crippen molar-refractivity contribution in [2.75, 3.05) is 24.5 Å². The van der Waals surface area contributed by atoms with Gasteiger partial charge in [0.15, 0.2) is 11.6 Å². The average molecular weight is 422 g/mol. The molecular formula is C25H24F2N2O2. The number of carbonyl (C=O) groups excluding carboxylic acids is 1. The third-order valence-electron chi connectivity index (χ3n) is 5.47. The van der Waals surface area contributed by atoms with E-state index in [1.54, 1.807) is 30.3 Å². The van der Waals surface area contributed by atoms with Gasteiger partial charge in [0.05, 0.1) is 0 Å². The van der Waals surface area contributed by atoms with Crippen LogP contribution in [0.25, 0.3) is 0 Å². The van der Waals surface area contributed by atoms with Crippen molar-refractivity contribution in [3.05, 3.63) is 95.6 Å². The van der Waals surface area contributed by atoms with E-state index in [1.807, 2.05) is 35.2 Å². The van der Waals surface area contributed by atoms with Gasteiger partial charge in [-0.25, -0.2) is 8.78 Å². The zero-order valence-corrected chi connectivity index (χ0v) is 17.1. The van der Waals surface area contributed by atoms with E-state index in [0.717, 1.165) is 24.6 Å². The van der Waals surface area contributed by atoms with Crippen LogP contribution in [0.1, 0.15) is 22.3 Å². The van der Waals surface area contributed by atoms with Crippen LogP contribution in [-0.4, -0.2) is 25.5 Å². The summed E-state index contributed by atoms with van der Waals surface area (Å²) in [5, 5.41) is 2.97. The molecule has 160 valence electrons. The fourth-order valence-corrected chi connectivity index (χ4v) is 3.70. The first-order chi connectivity index (χ1) is 15.1. The van der Waals surface area contributed by atoms with Crippen molar-refractivity contribution in [1.82, 2.24) is 5.32 Å². The zero-order valence-electron chi connectivity index (χ0n) is 17.1. The lowest BCUT2D eigenvalue weighted by molar-refractivity contribution is 0.0948. The number of nitrogens with zero attached hydrogens (tertiary/aromatic N) is 1. The third-order valence-corrected chi connectivity index (χ3v) is 5.47. The molecule has 1 N–H and O–H groups in total. The summed E-state index contributed by atoms with van der Waals surface area (Å²) in [7, 11) is 0. The molecule has 31 heavy (non-hydrogen) atoms. The molecule has 1 heterocycles. The fourth-order valence-electron chi connectivity index (χ4n) is 3.70. The van der Waals surface area contributed by atoms with Crippen LogP contribution in [0.5, 0.6) is 5.75 Å². The summed E-state index contributed by atoms with van der Waals surface area (Å²) in [5.74, 6) is -0.863. The molecule has 1 aliphatic rings.